The smallest absolute Gasteiger partial charge is 0.257 e. The van der Waals surface area contributed by atoms with Crippen LogP contribution in [0.1, 0.15) is 10.4 Å². The van der Waals surface area contributed by atoms with Gasteiger partial charge in [-0.2, -0.15) is 0 Å². The normalized spacial score (nSPS) is 21.8. The summed E-state index contributed by atoms with van der Waals surface area (Å²) in [5.74, 6) is -0.159. The van der Waals surface area contributed by atoms with Crippen molar-refractivity contribution in [3.8, 4) is 0 Å². The van der Waals surface area contributed by atoms with E-state index in [1.807, 2.05) is 18.2 Å². The Morgan fingerprint density at radius 2 is 2.25 bits per heavy atom. The van der Waals surface area contributed by atoms with Crippen LogP contribution in [-0.2, 0) is 9.53 Å². The Morgan fingerprint density at radius 1 is 1.35 bits per heavy atom. The summed E-state index contributed by atoms with van der Waals surface area (Å²) in [6.45, 7) is 0.457. The van der Waals surface area contributed by atoms with E-state index in [0.29, 0.717) is 10.5 Å². The molecular formula is C14H10N2O3S. The number of aromatic nitrogens is 1. The van der Waals surface area contributed by atoms with Crippen LogP contribution in [0.2, 0.25) is 0 Å². The third kappa shape index (κ3) is 1.65. The molecule has 1 aromatic carbocycles. The molecule has 0 bridgehead atoms. The van der Waals surface area contributed by atoms with Crippen molar-refractivity contribution >= 4 is 33.7 Å². The number of thioether (sulfide) groups is 1. The van der Waals surface area contributed by atoms with Crippen molar-refractivity contribution in [2.75, 3.05) is 13.3 Å². The highest BCUT2D eigenvalue weighted by molar-refractivity contribution is 8.13. The number of amides is 1. The Labute approximate surface area is 118 Å². The Bertz CT molecular complexity index is 746. The van der Waals surface area contributed by atoms with Gasteiger partial charge in [0.15, 0.2) is 0 Å². The summed E-state index contributed by atoms with van der Waals surface area (Å²) >= 11 is 1.12. The molecule has 20 heavy (non-hydrogen) atoms. The van der Waals surface area contributed by atoms with E-state index in [0.717, 1.165) is 22.7 Å². The number of rotatable bonds is 0. The third-order valence-electron chi connectivity index (χ3n) is 3.56. The van der Waals surface area contributed by atoms with E-state index in [1.54, 1.807) is 12.3 Å². The predicted octanol–water partition coefficient (Wildman–Crippen LogP) is 1.67. The van der Waals surface area contributed by atoms with Crippen molar-refractivity contribution < 1.29 is 14.3 Å². The highest BCUT2D eigenvalue weighted by Gasteiger charge is 2.39. The summed E-state index contributed by atoms with van der Waals surface area (Å²) in [5, 5.41) is 0.885. The van der Waals surface area contributed by atoms with E-state index in [9.17, 15) is 9.59 Å². The fourth-order valence-electron chi connectivity index (χ4n) is 2.52. The van der Waals surface area contributed by atoms with E-state index in [-0.39, 0.29) is 24.4 Å². The van der Waals surface area contributed by atoms with Crippen molar-refractivity contribution in [3.05, 3.63) is 36.0 Å². The zero-order chi connectivity index (χ0) is 13.7. The second-order valence-electron chi connectivity index (χ2n) is 4.76. The van der Waals surface area contributed by atoms with Gasteiger partial charge in [-0.05, 0) is 30.0 Å². The molecule has 0 radical (unpaired) electrons. The average molecular weight is 286 g/mol. The molecule has 1 amide bonds. The number of nitrogens with zero attached hydrogens (tertiary/aromatic N) is 2. The lowest BCUT2D eigenvalue weighted by atomic mass is 10.1. The van der Waals surface area contributed by atoms with Crippen LogP contribution >= 0.6 is 11.8 Å². The summed E-state index contributed by atoms with van der Waals surface area (Å²) in [7, 11) is 0. The van der Waals surface area contributed by atoms with E-state index < -0.39 is 6.04 Å². The van der Waals surface area contributed by atoms with Crippen LogP contribution in [0.15, 0.2) is 35.4 Å². The molecule has 1 atom stereocenters. The number of carbonyl (C=O) groups is 2. The molecule has 2 aliphatic heterocycles. The van der Waals surface area contributed by atoms with Gasteiger partial charge in [0, 0.05) is 16.5 Å². The van der Waals surface area contributed by atoms with Crippen molar-refractivity contribution in [2.45, 2.75) is 10.9 Å². The molecular weight excluding hydrogens is 276 g/mol. The Balaban J connectivity index is 1.94. The monoisotopic (exact) mass is 286 g/mol. The molecule has 1 fully saturated rings. The fourth-order valence-corrected chi connectivity index (χ4v) is 3.51. The van der Waals surface area contributed by atoms with Gasteiger partial charge < -0.3 is 9.64 Å². The maximum Gasteiger partial charge on any atom is 0.257 e. The quantitative estimate of drug-likeness (QED) is 0.737. The van der Waals surface area contributed by atoms with Crippen LogP contribution in [0.4, 0.5) is 0 Å². The molecule has 2 aromatic rings. The number of ether oxygens (including phenoxy) is 1. The van der Waals surface area contributed by atoms with Crippen LogP contribution in [0.5, 0.6) is 0 Å². The topological polar surface area (TPSA) is 59.5 Å². The van der Waals surface area contributed by atoms with Gasteiger partial charge in [-0.25, -0.2) is 0 Å². The molecule has 0 saturated carbocycles. The standard InChI is InChI=1S/C14H10N2O3S/c17-13-9-5-10-8(2-1-3-15-10)4-12(9)20-14(18)11-6-19-7-16(11)13/h1-5,11H,6-7H2. The van der Waals surface area contributed by atoms with Gasteiger partial charge in [-0.3, -0.25) is 14.6 Å². The maximum absolute atomic E-state index is 12.6. The predicted molar refractivity (Wildman–Crippen MR) is 73.4 cm³/mol. The van der Waals surface area contributed by atoms with Crippen LogP contribution in [-0.4, -0.2) is 40.3 Å². The lowest BCUT2D eigenvalue weighted by Crippen LogP contribution is -2.39. The van der Waals surface area contributed by atoms with Crippen molar-refractivity contribution in [3.63, 3.8) is 0 Å². The first-order chi connectivity index (χ1) is 9.74. The van der Waals surface area contributed by atoms with E-state index in [4.69, 9.17) is 4.74 Å². The molecule has 0 aliphatic carbocycles. The van der Waals surface area contributed by atoms with Crippen molar-refractivity contribution in [2.24, 2.45) is 0 Å². The number of pyridine rings is 1. The zero-order valence-corrected chi connectivity index (χ0v) is 11.2. The van der Waals surface area contributed by atoms with Crippen molar-refractivity contribution in [1.29, 1.82) is 0 Å². The van der Waals surface area contributed by atoms with Crippen molar-refractivity contribution in [1.82, 2.24) is 9.88 Å². The van der Waals surface area contributed by atoms with E-state index in [1.165, 1.54) is 4.90 Å². The first-order valence-electron chi connectivity index (χ1n) is 6.23. The van der Waals surface area contributed by atoms with Gasteiger partial charge in [-0.1, -0.05) is 6.07 Å². The van der Waals surface area contributed by atoms with Crippen LogP contribution in [0.25, 0.3) is 10.9 Å². The summed E-state index contributed by atoms with van der Waals surface area (Å²) in [6.07, 6.45) is 1.69. The molecule has 1 saturated heterocycles. The fraction of sp³-hybridized carbons (Fsp3) is 0.214. The lowest BCUT2D eigenvalue weighted by Gasteiger charge is -2.17. The molecule has 3 heterocycles. The summed E-state index contributed by atoms with van der Waals surface area (Å²) in [5.41, 5.74) is 1.29. The minimum Gasteiger partial charge on any atom is -0.358 e. The summed E-state index contributed by atoms with van der Waals surface area (Å²) in [4.78, 5) is 31.2. The highest BCUT2D eigenvalue weighted by atomic mass is 32.2. The maximum atomic E-state index is 12.6. The molecule has 1 unspecified atom stereocenters. The Kier molecular flexibility index (Phi) is 2.55. The van der Waals surface area contributed by atoms with Gasteiger partial charge in [0.25, 0.3) is 5.91 Å². The molecule has 4 rings (SSSR count). The number of benzene rings is 1. The molecule has 5 nitrogen and oxygen atoms in total. The largest absolute Gasteiger partial charge is 0.358 e. The highest BCUT2D eigenvalue weighted by Crippen LogP contribution is 2.35. The lowest BCUT2D eigenvalue weighted by molar-refractivity contribution is -0.114. The molecule has 100 valence electrons. The first kappa shape index (κ1) is 11.9. The first-order valence-corrected chi connectivity index (χ1v) is 7.05. The minimum absolute atomic E-state index is 0.0437. The van der Waals surface area contributed by atoms with Crippen LogP contribution < -0.4 is 0 Å². The second kappa shape index (κ2) is 4.29. The van der Waals surface area contributed by atoms with Crippen LogP contribution in [0.3, 0.4) is 0 Å². The van der Waals surface area contributed by atoms with E-state index in [2.05, 4.69) is 4.98 Å². The third-order valence-corrected chi connectivity index (χ3v) is 4.59. The molecule has 2 aliphatic rings. The number of hydrogen-bond donors (Lipinski definition) is 0. The SMILES string of the molecule is O=C1Sc2cc3cccnc3cc2C(=O)N2COCC12. The number of hydrogen-bond acceptors (Lipinski definition) is 5. The minimum atomic E-state index is -0.476. The molecule has 1 aromatic heterocycles. The van der Waals surface area contributed by atoms with Gasteiger partial charge in [-0.15, -0.1) is 0 Å². The Hall–Kier alpha value is -1.92. The van der Waals surface area contributed by atoms with Crippen LogP contribution in [0, 0.1) is 0 Å². The summed E-state index contributed by atoms with van der Waals surface area (Å²) in [6, 6.07) is 6.91. The number of carbonyl (C=O) groups excluding carboxylic acids is 2. The van der Waals surface area contributed by atoms with Gasteiger partial charge in [0.05, 0.1) is 17.7 Å². The van der Waals surface area contributed by atoms with Gasteiger partial charge >= 0.3 is 0 Å². The number of fused-ring (bicyclic) bond motifs is 3. The molecule has 0 N–H and O–H groups in total. The van der Waals surface area contributed by atoms with Gasteiger partial charge in [0.1, 0.15) is 12.8 Å². The zero-order valence-electron chi connectivity index (χ0n) is 10.4. The molecule has 6 heteroatoms. The van der Waals surface area contributed by atoms with Gasteiger partial charge in [0.2, 0.25) is 5.12 Å². The van der Waals surface area contributed by atoms with E-state index >= 15 is 0 Å². The second-order valence-corrected chi connectivity index (χ2v) is 5.80. The molecule has 0 spiro atoms. The average Bonchev–Trinajstić information content (AvgIpc) is 2.92. The Morgan fingerprint density at radius 3 is 3.15 bits per heavy atom. The summed E-state index contributed by atoms with van der Waals surface area (Å²) < 4.78 is 5.25.